The van der Waals surface area contributed by atoms with Gasteiger partial charge in [0.2, 0.25) is 0 Å². The fraction of sp³-hybridized carbons (Fsp3) is 0.118. The predicted molar refractivity (Wildman–Crippen MR) is 154 cm³/mol. The third-order valence-corrected chi connectivity index (χ3v) is 6.90. The molecule has 0 aliphatic heterocycles. The topological polar surface area (TPSA) is 40.5 Å². The molecule has 2 heteroatoms. The quantitative estimate of drug-likeness (QED) is 0.199. The molecule has 0 aromatic heterocycles. The van der Waals surface area contributed by atoms with Crippen LogP contribution < -0.4 is 0 Å². The Kier molecular flexibility index (Phi) is 6.60. The largest absolute Gasteiger partial charge is 0.508 e. The van der Waals surface area contributed by atoms with E-state index in [1.165, 1.54) is 43.5 Å². The van der Waals surface area contributed by atoms with Crippen LogP contribution in [0.4, 0.5) is 0 Å². The molecule has 0 spiro atoms. The van der Waals surface area contributed by atoms with E-state index in [0.29, 0.717) is 0 Å². The van der Waals surface area contributed by atoms with Crippen molar-refractivity contribution in [3.63, 3.8) is 0 Å². The molecule has 6 aromatic carbocycles. The predicted octanol–water partition coefficient (Wildman–Crippen LogP) is 9.41. The molecule has 0 atom stereocenters. The Labute approximate surface area is 212 Å². The highest BCUT2D eigenvalue weighted by Crippen LogP contribution is 2.34. The van der Waals surface area contributed by atoms with Crippen LogP contribution in [-0.2, 0) is 0 Å². The van der Waals surface area contributed by atoms with Gasteiger partial charge in [0.25, 0.3) is 0 Å². The number of aromatic hydroxyl groups is 2. The molecule has 0 saturated carbocycles. The average molecular weight is 471 g/mol. The summed E-state index contributed by atoms with van der Waals surface area (Å²) in [4.78, 5) is 0. The van der Waals surface area contributed by atoms with Crippen LogP contribution in [0.15, 0.2) is 109 Å². The summed E-state index contributed by atoms with van der Waals surface area (Å²) in [5.41, 5.74) is 4.82. The van der Waals surface area contributed by atoms with Gasteiger partial charge in [0.05, 0.1) is 0 Å². The number of rotatable bonds is 4. The number of allylic oxidation sites excluding steroid dienone is 2. The van der Waals surface area contributed by atoms with Crippen molar-refractivity contribution in [2.75, 3.05) is 0 Å². The second-order valence-electron chi connectivity index (χ2n) is 9.05. The summed E-state index contributed by atoms with van der Waals surface area (Å²) in [6.07, 6.45) is 1.85. The van der Waals surface area contributed by atoms with E-state index in [2.05, 4.69) is 74.5 Å². The third kappa shape index (κ3) is 4.50. The molecule has 0 radical (unpaired) electrons. The summed E-state index contributed by atoms with van der Waals surface area (Å²) in [5, 5.41) is 27.0. The van der Waals surface area contributed by atoms with E-state index in [0.717, 1.165) is 24.0 Å². The van der Waals surface area contributed by atoms with Crippen molar-refractivity contribution >= 4 is 43.5 Å². The Bertz CT molecular complexity index is 1460. The summed E-state index contributed by atoms with van der Waals surface area (Å²) >= 11 is 0. The van der Waals surface area contributed by atoms with Crippen LogP contribution in [-0.4, -0.2) is 10.2 Å². The number of benzene rings is 6. The van der Waals surface area contributed by atoms with E-state index in [-0.39, 0.29) is 11.5 Å². The summed E-state index contributed by atoms with van der Waals surface area (Å²) < 4.78 is 0. The van der Waals surface area contributed by atoms with Gasteiger partial charge in [0, 0.05) is 0 Å². The molecule has 6 rings (SSSR count). The normalized spacial score (nSPS) is 11.9. The lowest BCUT2D eigenvalue weighted by atomic mass is 9.91. The molecule has 0 unspecified atom stereocenters. The molecule has 0 aliphatic rings. The highest BCUT2D eigenvalue weighted by Gasteiger charge is 2.09. The van der Waals surface area contributed by atoms with E-state index < -0.39 is 0 Å². The van der Waals surface area contributed by atoms with Crippen molar-refractivity contribution in [1.82, 2.24) is 0 Å². The van der Waals surface area contributed by atoms with Crippen molar-refractivity contribution in [3.8, 4) is 11.5 Å². The van der Waals surface area contributed by atoms with Crippen molar-refractivity contribution in [1.29, 1.82) is 0 Å². The molecule has 36 heavy (non-hydrogen) atoms. The van der Waals surface area contributed by atoms with E-state index >= 15 is 0 Å². The smallest absolute Gasteiger partial charge is 0.115 e. The molecule has 2 N–H and O–H groups in total. The van der Waals surface area contributed by atoms with Crippen LogP contribution in [0.5, 0.6) is 11.5 Å². The first-order chi connectivity index (χ1) is 17.6. The Morgan fingerprint density at radius 2 is 0.750 bits per heavy atom. The minimum atomic E-state index is 0.284. The Morgan fingerprint density at radius 3 is 1.03 bits per heavy atom. The highest BCUT2D eigenvalue weighted by atomic mass is 16.3. The maximum Gasteiger partial charge on any atom is 0.115 e. The van der Waals surface area contributed by atoms with Gasteiger partial charge in [0.15, 0.2) is 0 Å². The van der Waals surface area contributed by atoms with Crippen molar-refractivity contribution < 1.29 is 10.2 Å². The zero-order valence-corrected chi connectivity index (χ0v) is 20.7. The molecule has 0 bridgehead atoms. The summed E-state index contributed by atoms with van der Waals surface area (Å²) in [7, 11) is 0. The van der Waals surface area contributed by atoms with Gasteiger partial charge in [-0.25, -0.2) is 0 Å². The zero-order chi connectivity index (χ0) is 25.1. The monoisotopic (exact) mass is 470 g/mol. The maximum atomic E-state index is 9.41. The Balaban J connectivity index is 0.000000151. The van der Waals surface area contributed by atoms with Gasteiger partial charge in [-0.1, -0.05) is 98.8 Å². The van der Waals surface area contributed by atoms with Gasteiger partial charge in [-0.05, 0) is 91.7 Å². The number of phenols is 2. The third-order valence-electron chi connectivity index (χ3n) is 6.90. The molecule has 0 heterocycles. The number of hydrogen-bond donors (Lipinski definition) is 2. The van der Waals surface area contributed by atoms with Gasteiger partial charge in [0.1, 0.15) is 11.5 Å². The van der Waals surface area contributed by atoms with E-state index in [1.807, 2.05) is 24.3 Å². The van der Waals surface area contributed by atoms with Crippen molar-refractivity contribution in [2.24, 2.45) is 0 Å². The van der Waals surface area contributed by atoms with Crippen LogP contribution >= 0.6 is 0 Å². The molecule has 2 nitrogen and oxygen atoms in total. The lowest BCUT2D eigenvalue weighted by Crippen LogP contribution is -1.91. The highest BCUT2D eigenvalue weighted by molar-refractivity contribution is 6.22. The second-order valence-corrected chi connectivity index (χ2v) is 9.05. The summed E-state index contributed by atoms with van der Waals surface area (Å²) in [6, 6.07) is 36.5. The molecular formula is C34H30O2. The van der Waals surface area contributed by atoms with Crippen LogP contribution in [0.25, 0.3) is 43.5 Å². The lowest BCUT2D eigenvalue weighted by molar-refractivity contribution is 0.474. The number of phenolic OH excluding ortho intramolecular Hbond substituents is 2. The molecule has 0 amide bonds. The van der Waals surface area contributed by atoms with E-state index in [4.69, 9.17) is 0 Å². The average Bonchev–Trinajstić information content (AvgIpc) is 2.92. The lowest BCUT2D eigenvalue weighted by Gasteiger charge is -2.14. The van der Waals surface area contributed by atoms with Gasteiger partial charge in [-0.15, -0.1) is 0 Å². The molecule has 0 aliphatic carbocycles. The van der Waals surface area contributed by atoms with Crippen LogP contribution in [0.2, 0.25) is 0 Å². The summed E-state index contributed by atoms with van der Waals surface area (Å²) in [5.74, 6) is 0.568. The SMILES string of the molecule is CC/C(=C(/CC)c1ccc(O)cc1)c1ccc(O)cc1.c1cc2ccc3cccc4ccc(c1)c2c34. The summed E-state index contributed by atoms with van der Waals surface area (Å²) in [6.45, 7) is 4.27. The van der Waals surface area contributed by atoms with Gasteiger partial charge < -0.3 is 10.2 Å². The zero-order valence-electron chi connectivity index (χ0n) is 20.7. The minimum Gasteiger partial charge on any atom is -0.508 e. The van der Waals surface area contributed by atoms with Crippen LogP contribution in [0.3, 0.4) is 0 Å². The van der Waals surface area contributed by atoms with Crippen LogP contribution in [0.1, 0.15) is 37.8 Å². The van der Waals surface area contributed by atoms with Gasteiger partial charge in [-0.2, -0.15) is 0 Å². The maximum absolute atomic E-state index is 9.41. The molecule has 178 valence electrons. The van der Waals surface area contributed by atoms with Gasteiger partial charge >= 0.3 is 0 Å². The standard InChI is InChI=1S/C18H20O2.C16H10/c1-3-17(13-5-9-15(19)10-6-13)18(4-2)14-7-11-16(20)12-8-14;1-3-11-7-9-13-5-2-6-14-10-8-12(4-1)15(11)16(13)14/h5-12,19-20H,3-4H2,1-2H3;1-10H/b18-17+;. The first-order valence-electron chi connectivity index (χ1n) is 12.5. The van der Waals surface area contributed by atoms with Crippen molar-refractivity contribution in [3.05, 3.63) is 120 Å². The Hall–Kier alpha value is -4.30. The molecule has 6 aromatic rings. The van der Waals surface area contributed by atoms with Crippen molar-refractivity contribution in [2.45, 2.75) is 26.7 Å². The molecular weight excluding hydrogens is 440 g/mol. The molecule has 0 saturated heterocycles. The minimum absolute atomic E-state index is 0.284. The van der Waals surface area contributed by atoms with Gasteiger partial charge in [-0.3, -0.25) is 0 Å². The Morgan fingerprint density at radius 1 is 0.444 bits per heavy atom. The number of hydrogen-bond acceptors (Lipinski definition) is 2. The van der Waals surface area contributed by atoms with E-state index in [1.54, 1.807) is 24.3 Å². The first-order valence-corrected chi connectivity index (χ1v) is 12.5. The van der Waals surface area contributed by atoms with E-state index in [9.17, 15) is 10.2 Å². The first kappa shape index (κ1) is 23.4. The fourth-order valence-corrected chi connectivity index (χ4v) is 5.18. The fourth-order valence-electron chi connectivity index (χ4n) is 5.18. The molecule has 0 fully saturated rings. The second kappa shape index (κ2) is 10.1. The van der Waals surface area contributed by atoms with Crippen LogP contribution in [0, 0.1) is 0 Å².